The van der Waals surface area contributed by atoms with Gasteiger partial charge in [0.15, 0.2) is 0 Å². The summed E-state index contributed by atoms with van der Waals surface area (Å²) in [6.07, 6.45) is 1.83. The molecule has 6 heteroatoms. The van der Waals surface area contributed by atoms with E-state index in [-0.39, 0.29) is 5.56 Å². The van der Waals surface area contributed by atoms with E-state index in [1.807, 2.05) is 36.0 Å². The fourth-order valence-corrected chi connectivity index (χ4v) is 2.57. The number of carbonyl (C=O) groups excluding carboxylic acids is 1. The van der Waals surface area contributed by atoms with Crippen molar-refractivity contribution in [2.45, 2.75) is 20.0 Å². The van der Waals surface area contributed by atoms with Crippen LogP contribution in [0.25, 0.3) is 10.9 Å². The molecule has 0 aliphatic rings. The maximum atomic E-state index is 14.1. The van der Waals surface area contributed by atoms with Gasteiger partial charge >= 0.3 is 5.97 Å². The number of hydrogen-bond acceptors (Lipinski definition) is 4. The molecule has 1 aromatic heterocycles. The van der Waals surface area contributed by atoms with Crippen molar-refractivity contribution < 1.29 is 13.9 Å². The molecule has 0 aliphatic heterocycles. The zero-order chi connectivity index (χ0) is 17.1. The molecule has 5 nitrogen and oxygen atoms in total. The highest BCUT2D eigenvalue weighted by molar-refractivity contribution is 5.89. The number of nitrogens with zero attached hydrogens (tertiary/aromatic N) is 2. The molecule has 1 N–H and O–H groups in total. The number of benzene rings is 2. The predicted octanol–water partition coefficient (Wildman–Crippen LogP) is 3.59. The van der Waals surface area contributed by atoms with Crippen LogP contribution in [0.15, 0.2) is 42.6 Å². The highest BCUT2D eigenvalue weighted by Gasteiger charge is 2.10. The average Bonchev–Trinajstić information content (AvgIpc) is 3.02. The van der Waals surface area contributed by atoms with E-state index in [0.29, 0.717) is 12.1 Å². The van der Waals surface area contributed by atoms with E-state index in [2.05, 4.69) is 15.2 Å². The summed E-state index contributed by atoms with van der Waals surface area (Å²) in [6.45, 7) is 3.14. The molecule has 1 heterocycles. The molecule has 0 fully saturated rings. The van der Waals surface area contributed by atoms with Gasteiger partial charge in [-0.15, -0.1) is 0 Å². The second kappa shape index (κ2) is 6.70. The Morgan fingerprint density at radius 2 is 2.12 bits per heavy atom. The standard InChI is InChI=1S/C18H18FN3O2/c1-3-22-17-9-15(7-6-14(17)11-21-22)20-10-13-5-4-12(8-16(13)19)18(23)24-2/h4-9,11,20H,3,10H2,1-2H3. The van der Waals surface area contributed by atoms with Gasteiger partial charge in [-0.05, 0) is 37.3 Å². The topological polar surface area (TPSA) is 56.2 Å². The Labute approximate surface area is 139 Å². The Hall–Kier alpha value is -2.89. The van der Waals surface area contributed by atoms with Crippen LogP contribution in [0.3, 0.4) is 0 Å². The second-order valence-electron chi connectivity index (χ2n) is 5.39. The van der Waals surface area contributed by atoms with Crippen molar-refractivity contribution in [2.24, 2.45) is 0 Å². The lowest BCUT2D eigenvalue weighted by Gasteiger charge is -2.09. The molecule has 0 aliphatic carbocycles. The molecule has 0 spiro atoms. The van der Waals surface area contributed by atoms with Gasteiger partial charge in [0.1, 0.15) is 5.82 Å². The van der Waals surface area contributed by atoms with Crippen molar-refractivity contribution in [1.29, 1.82) is 0 Å². The van der Waals surface area contributed by atoms with Gasteiger partial charge in [0.2, 0.25) is 0 Å². The number of nitrogens with one attached hydrogen (secondary N) is 1. The third-order valence-electron chi connectivity index (χ3n) is 3.90. The Kier molecular flexibility index (Phi) is 4.46. The van der Waals surface area contributed by atoms with Crippen LogP contribution >= 0.6 is 0 Å². The van der Waals surface area contributed by atoms with Gasteiger partial charge in [-0.25, -0.2) is 9.18 Å². The summed E-state index contributed by atoms with van der Waals surface area (Å²) < 4.78 is 20.6. The van der Waals surface area contributed by atoms with E-state index in [1.54, 1.807) is 12.1 Å². The number of esters is 1. The van der Waals surface area contributed by atoms with Crippen molar-refractivity contribution >= 4 is 22.6 Å². The fraction of sp³-hybridized carbons (Fsp3) is 0.222. The van der Waals surface area contributed by atoms with Gasteiger partial charge in [0, 0.05) is 29.7 Å². The predicted molar refractivity (Wildman–Crippen MR) is 90.5 cm³/mol. The van der Waals surface area contributed by atoms with Crippen LogP contribution in [-0.4, -0.2) is 22.9 Å². The largest absolute Gasteiger partial charge is 0.465 e. The number of anilines is 1. The first kappa shape index (κ1) is 16.0. The molecule has 0 amide bonds. The number of carbonyl (C=O) groups is 1. The molecular formula is C18H18FN3O2. The molecular weight excluding hydrogens is 309 g/mol. The van der Waals surface area contributed by atoms with E-state index in [0.717, 1.165) is 23.1 Å². The third-order valence-corrected chi connectivity index (χ3v) is 3.90. The molecule has 24 heavy (non-hydrogen) atoms. The van der Waals surface area contributed by atoms with Crippen LogP contribution in [0, 0.1) is 5.82 Å². The molecule has 0 atom stereocenters. The Morgan fingerprint density at radius 1 is 1.29 bits per heavy atom. The van der Waals surface area contributed by atoms with Crippen molar-refractivity contribution in [3.63, 3.8) is 0 Å². The second-order valence-corrected chi connectivity index (χ2v) is 5.39. The van der Waals surface area contributed by atoms with Gasteiger partial charge in [-0.3, -0.25) is 4.68 Å². The summed E-state index contributed by atoms with van der Waals surface area (Å²) in [6, 6.07) is 10.2. The SMILES string of the molecule is CCn1ncc2ccc(NCc3ccc(C(=O)OC)cc3F)cc21. The van der Waals surface area contributed by atoms with E-state index in [4.69, 9.17) is 0 Å². The molecule has 124 valence electrons. The molecule has 3 aromatic rings. The lowest BCUT2D eigenvalue weighted by molar-refractivity contribution is 0.0600. The van der Waals surface area contributed by atoms with Crippen LogP contribution in [0.4, 0.5) is 10.1 Å². The summed E-state index contributed by atoms with van der Waals surface area (Å²) in [5.41, 5.74) is 2.59. The third kappa shape index (κ3) is 3.08. The van der Waals surface area contributed by atoms with Gasteiger partial charge in [0.05, 0.1) is 24.4 Å². The van der Waals surface area contributed by atoms with Crippen molar-refractivity contribution in [3.8, 4) is 0 Å². The van der Waals surface area contributed by atoms with Crippen molar-refractivity contribution in [2.75, 3.05) is 12.4 Å². The number of aryl methyl sites for hydroxylation is 1. The van der Waals surface area contributed by atoms with Crippen LogP contribution in [0.1, 0.15) is 22.8 Å². The highest BCUT2D eigenvalue weighted by Crippen LogP contribution is 2.20. The Balaban J connectivity index is 1.77. The molecule has 0 radical (unpaired) electrons. The summed E-state index contributed by atoms with van der Waals surface area (Å²) in [5, 5.41) is 8.57. The van der Waals surface area contributed by atoms with Crippen LogP contribution in [0.5, 0.6) is 0 Å². The number of methoxy groups -OCH3 is 1. The van der Waals surface area contributed by atoms with Crippen LogP contribution in [0.2, 0.25) is 0 Å². The summed E-state index contributed by atoms with van der Waals surface area (Å²) in [4.78, 5) is 11.4. The zero-order valence-electron chi connectivity index (χ0n) is 13.5. The smallest absolute Gasteiger partial charge is 0.337 e. The van der Waals surface area contributed by atoms with E-state index >= 15 is 0 Å². The first-order chi connectivity index (χ1) is 11.6. The maximum Gasteiger partial charge on any atom is 0.337 e. The van der Waals surface area contributed by atoms with Gasteiger partial charge < -0.3 is 10.1 Å². The number of hydrogen-bond donors (Lipinski definition) is 1. The van der Waals surface area contributed by atoms with Gasteiger partial charge in [-0.2, -0.15) is 5.10 Å². The average molecular weight is 327 g/mol. The number of aromatic nitrogens is 2. The fourth-order valence-electron chi connectivity index (χ4n) is 2.57. The van der Waals surface area contributed by atoms with Gasteiger partial charge in [0.25, 0.3) is 0 Å². The van der Waals surface area contributed by atoms with Crippen molar-refractivity contribution in [3.05, 3.63) is 59.5 Å². The molecule has 0 bridgehead atoms. The normalized spacial score (nSPS) is 10.8. The van der Waals surface area contributed by atoms with Crippen LogP contribution in [-0.2, 0) is 17.8 Å². The highest BCUT2D eigenvalue weighted by atomic mass is 19.1. The molecule has 0 saturated heterocycles. The molecule has 2 aromatic carbocycles. The number of ether oxygens (including phenoxy) is 1. The van der Waals surface area contributed by atoms with Crippen LogP contribution < -0.4 is 5.32 Å². The summed E-state index contributed by atoms with van der Waals surface area (Å²) in [5.74, 6) is -0.989. The lowest BCUT2D eigenvalue weighted by Crippen LogP contribution is -2.06. The minimum Gasteiger partial charge on any atom is -0.465 e. The lowest BCUT2D eigenvalue weighted by atomic mass is 10.1. The van der Waals surface area contributed by atoms with E-state index in [9.17, 15) is 9.18 Å². The maximum absolute atomic E-state index is 14.1. The Bertz CT molecular complexity index is 889. The molecule has 0 saturated carbocycles. The number of fused-ring (bicyclic) bond motifs is 1. The molecule has 0 unspecified atom stereocenters. The minimum atomic E-state index is -0.549. The Morgan fingerprint density at radius 3 is 2.83 bits per heavy atom. The first-order valence-corrected chi connectivity index (χ1v) is 7.68. The number of halogens is 1. The number of rotatable bonds is 5. The van der Waals surface area contributed by atoms with E-state index < -0.39 is 11.8 Å². The first-order valence-electron chi connectivity index (χ1n) is 7.68. The quantitative estimate of drug-likeness (QED) is 0.728. The summed E-state index contributed by atoms with van der Waals surface area (Å²) >= 11 is 0. The summed E-state index contributed by atoms with van der Waals surface area (Å²) in [7, 11) is 1.27. The monoisotopic (exact) mass is 327 g/mol. The minimum absolute atomic E-state index is 0.201. The zero-order valence-corrected chi connectivity index (χ0v) is 13.5. The molecule has 3 rings (SSSR count). The van der Waals surface area contributed by atoms with E-state index in [1.165, 1.54) is 13.2 Å². The van der Waals surface area contributed by atoms with Crippen molar-refractivity contribution in [1.82, 2.24) is 9.78 Å². The van der Waals surface area contributed by atoms with Gasteiger partial charge in [-0.1, -0.05) is 6.07 Å².